The van der Waals surface area contributed by atoms with Crippen LogP contribution in [0.25, 0.3) is 15.9 Å². The predicted molar refractivity (Wildman–Crippen MR) is 133 cm³/mol. The number of thiophene rings is 1. The molecular weight excluding hydrogens is 436 g/mol. The summed E-state index contributed by atoms with van der Waals surface area (Å²) >= 11 is 2.99. The Morgan fingerprint density at radius 2 is 1.88 bits per heavy atom. The van der Waals surface area contributed by atoms with E-state index >= 15 is 0 Å². The van der Waals surface area contributed by atoms with Gasteiger partial charge in [0.15, 0.2) is 10.9 Å². The highest BCUT2D eigenvalue weighted by atomic mass is 32.2. The van der Waals surface area contributed by atoms with Crippen molar-refractivity contribution >= 4 is 39.1 Å². The maximum Gasteiger partial charge on any atom is 0.267 e. The van der Waals surface area contributed by atoms with Gasteiger partial charge in [-0.05, 0) is 62.3 Å². The van der Waals surface area contributed by atoms with E-state index in [-0.39, 0.29) is 17.1 Å². The number of aryl methyl sites for hydroxylation is 4. The van der Waals surface area contributed by atoms with Gasteiger partial charge in [-0.25, -0.2) is 4.98 Å². The molecule has 1 aliphatic rings. The van der Waals surface area contributed by atoms with Crippen molar-refractivity contribution in [3.63, 3.8) is 0 Å². The van der Waals surface area contributed by atoms with E-state index in [0.717, 1.165) is 52.7 Å². The van der Waals surface area contributed by atoms with Gasteiger partial charge in [0.25, 0.3) is 5.56 Å². The molecule has 0 radical (unpaired) electrons. The number of carbonyl (C=O) groups is 1. The molecule has 0 unspecified atom stereocenters. The van der Waals surface area contributed by atoms with Gasteiger partial charge in [-0.1, -0.05) is 54.2 Å². The second kappa shape index (κ2) is 8.68. The minimum Gasteiger partial charge on any atom is -0.293 e. The lowest BCUT2D eigenvalue weighted by Crippen LogP contribution is -2.23. The van der Waals surface area contributed by atoms with Crippen LogP contribution in [0.2, 0.25) is 0 Å². The van der Waals surface area contributed by atoms with Crippen LogP contribution in [0.3, 0.4) is 0 Å². The summed E-state index contributed by atoms with van der Waals surface area (Å²) in [4.78, 5) is 33.7. The molecule has 0 amide bonds. The summed E-state index contributed by atoms with van der Waals surface area (Å²) in [5.41, 5.74) is 4.78. The first-order valence-corrected chi connectivity index (χ1v) is 12.7. The van der Waals surface area contributed by atoms with Crippen LogP contribution < -0.4 is 5.56 Å². The molecule has 0 saturated carbocycles. The molecule has 4 nitrogen and oxygen atoms in total. The Morgan fingerprint density at radius 1 is 1.09 bits per heavy atom. The number of nitrogens with zero attached hydrogens (tertiary/aromatic N) is 2. The van der Waals surface area contributed by atoms with E-state index in [4.69, 9.17) is 4.98 Å². The molecule has 0 fully saturated rings. The number of ketones is 1. The van der Waals surface area contributed by atoms with Crippen molar-refractivity contribution in [2.75, 3.05) is 5.75 Å². The van der Waals surface area contributed by atoms with Crippen LogP contribution in [-0.2, 0) is 12.8 Å². The number of hydrogen-bond acceptors (Lipinski definition) is 5. The highest BCUT2D eigenvalue weighted by Gasteiger charge is 2.24. The van der Waals surface area contributed by atoms with Gasteiger partial charge in [0.2, 0.25) is 0 Å². The predicted octanol–water partition coefficient (Wildman–Crippen LogP) is 5.92. The van der Waals surface area contributed by atoms with Crippen molar-refractivity contribution in [1.82, 2.24) is 9.55 Å². The highest BCUT2D eigenvalue weighted by molar-refractivity contribution is 7.99. The third-order valence-electron chi connectivity index (χ3n) is 5.99. The van der Waals surface area contributed by atoms with Crippen LogP contribution >= 0.6 is 23.1 Å². The number of Topliss-reactive ketones (excluding diaryl/α,β-unsaturated/α-hetero) is 1. The zero-order valence-corrected chi connectivity index (χ0v) is 19.8. The first kappa shape index (κ1) is 21.2. The molecule has 6 heteroatoms. The van der Waals surface area contributed by atoms with E-state index in [1.807, 2.05) is 62.4 Å². The maximum atomic E-state index is 13.9. The second-order valence-electron chi connectivity index (χ2n) is 8.29. The van der Waals surface area contributed by atoms with Crippen LogP contribution in [-0.4, -0.2) is 21.1 Å². The van der Waals surface area contributed by atoms with Gasteiger partial charge in [-0.2, -0.15) is 0 Å². The van der Waals surface area contributed by atoms with Gasteiger partial charge in [-0.3, -0.25) is 14.2 Å². The van der Waals surface area contributed by atoms with E-state index < -0.39 is 0 Å². The topological polar surface area (TPSA) is 52.0 Å². The smallest absolute Gasteiger partial charge is 0.267 e. The Balaban J connectivity index is 1.66. The van der Waals surface area contributed by atoms with Crippen molar-refractivity contribution in [2.24, 2.45) is 0 Å². The molecule has 0 spiro atoms. The fourth-order valence-corrected chi connectivity index (χ4v) is 6.50. The Morgan fingerprint density at radius 3 is 2.69 bits per heavy atom. The first-order valence-electron chi connectivity index (χ1n) is 10.9. The normalized spacial score (nSPS) is 13.3. The molecule has 0 bridgehead atoms. The molecule has 4 aromatic rings. The number of hydrogen-bond donors (Lipinski definition) is 0. The van der Waals surface area contributed by atoms with E-state index in [2.05, 4.69) is 0 Å². The van der Waals surface area contributed by atoms with Crippen LogP contribution in [0.5, 0.6) is 0 Å². The summed E-state index contributed by atoms with van der Waals surface area (Å²) in [6, 6.07) is 15.4. The zero-order valence-electron chi connectivity index (χ0n) is 18.2. The molecule has 162 valence electrons. The molecule has 0 atom stereocenters. The third-order valence-corrected chi connectivity index (χ3v) is 8.12. The summed E-state index contributed by atoms with van der Waals surface area (Å²) in [7, 11) is 0. The van der Waals surface area contributed by atoms with Crippen LogP contribution in [0.1, 0.15) is 44.8 Å². The van der Waals surface area contributed by atoms with Crippen LogP contribution in [0.4, 0.5) is 0 Å². The SMILES string of the molecule is Cc1ccc(C)c(-n2c(SCC(=O)c3ccccc3)nc3sc4c(c3c2=O)CCCC4)c1. The monoisotopic (exact) mass is 460 g/mol. The molecule has 1 aliphatic carbocycles. The quantitative estimate of drug-likeness (QED) is 0.211. The number of thioether (sulfide) groups is 1. The van der Waals surface area contributed by atoms with E-state index in [9.17, 15) is 9.59 Å². The second-order valence-corrected chi connectivity index (χ2v) is 10.3. The maximum absolute atomic E-state index is 13.9. The number of carbonyl (C=O) groups excluding carboxylic acids is 1. The summed E-state index contributed by atoms with van der Waals surface area (Å²) in [5.74, 6) is 0.265. The lowest BCUT2D eigenvalue weighted by Gasteiger charge is -2.16. The number of rotatable bonds is 5. The average Bonchev–Trinajstić information content (AvgIpc) is 3.18. The van der Waals surface area contributed by atoms with Gasteiger partial charge < -0.3 is 0 Å². The van der Waals surface area contributed by atoms with Crippen molar-refractivity contribution in [3.05, 3.63) is 86.0 Å². The van der Waals surface area contributed by atoms with Gasteiger partial charge in [0.1, 0.15) is 4.83 Å². The molecule has 2 heterocycles. The Hall–Kier alpha value is -2.70. The molecule has 0 N–H and O–H groups in total. The van der Waals surface area contributed by atoms with Gasteiger partial charge in [0.05, 0.1) is 16.8 Å². The van der Waals surface area contributed by atoms with E-state index in [1.54, 1.807) is 15.9 Å². The molecule has 32 heavy (non-hydrogen) atoms. The number of fused-ring (bicyclic) bond motifs is 3. The lowest BCUT2D eigenvalue weighted by atomic mass is 9.97. The summed E-state index contributed by atoms with van der Waals surface area (Å²) in [6.07, 6.45) is 4.24. The molecule has 2 aromatic heterocycles. The average molecular weight is 461 g/mol. The highest BCUT2D eigenvalue weighted by Crippen LogP contribution is 2.35. The molecule has 5 rings (SSSR count). The van der Waals surface area contributed by atoms with Gasteiger partial charge in [0, 0.05) is 10.4 Å². The summed E-state index contributed by atoms with van der Waals surface area (Å²) < 4.78 is 1.73. The summed E-state index contributed by atoms with van der Waals surface area (Å²) in [6.45, 7) is 4.04. The lowest BCUT2D eigenvalue weighted by molar-refractivity contribution is 0.102. The fourth-order valence-electron chi connectivity index (χ4n) is 4.29. The van der Waals surface area contributed by atoms with Gasteiger partial charge in [-0.15, -0.1) is 11.3 Å². The van der Waals surface area contributed by atoms with E-state index in [0.29, 0.717) is 10.7 Å². The van der Waals surface area contributed by atoms with Crippen molar-refractivity contribution < 1.29 is 4.79 Å². The molecule has 0 aliphatic heterocycles. The fraction of sp³-hybridized carbons (Fsp3) is 0.269. The van der Waals surface area contributed by atoms with Crippen molar-refractivity contribution in [2.45, 2.75) is 44.7 Å². The number of benzene rings is 2. The van der Waals surface area contributed by atoms with Crippen molar-refractivity contribution in [1.29, 1.82) is 0 Å². The van der Waals surface area contributed by atoms with Gasteiger partial charge >= 0.3 is 0 Å². The standard InChI is InChI=1S/C26H24N2O2S2/c1-16-12-13-17(2)20(14-16)28-25(30)23-19-10-6-7-11-22(19)32-24(23)27-26(28)31-15-21(29)18-8-4-3-5-9-18/h3-5,8-9,12-14H,6-7,10-11,15H2,1-2H3. The summed E-state index contributed by atoms with van der Waals surface area (Å²) in [5, 5.41) is 1.35. The van der Waals surface area contributed by atoms with E-state index in [1.165, 1.54) is 22.2 Å². The molecule has 0 saturated heterocycles. The Labute approximate surface area is 195 Å². The third kappa shape index (κ3) is 3.82. The molecule has 2 aromatic carbocycles. The zero-order chi connectivity index (χ0) is 22.2. The van der Waals surface area contributed by atoms with Crippen molar-refractivity contribution in [3.8, 4) is 5.69 Å². The number of aromatic nitrogens is 2. The minimum atomic E-state index is -0.0160. The Kier molecular flexibility index (Phi) is 5.74. The van der Waals surface area contributed by atoms with Crippen LogP contribution in [0, 0.1) is 13.8 Å². The largest absolute Gasteiger partial charge is 0.293 e. The first-order chi connectivity index (χ1) is 15.5. The molecular formula is C26H24N2O2S2. The van der Waals surface area contributed by atoms with Crippen LogP contribution in [0.15, 0.2) is 58.5 Å². The Bertz CT molecular complexity index is 1390. The minimum absolute atomic E-state index is 0.0160.